The SMILES string of the molecule is COC(=O)C(Cc1ccc(O)c(F)c1)NC(=O)OC(C)(C)C. The Bertz CT molecular complexity index is 553. The van der Waals surface area contributed by atoms with Crippen molar-refractivity contribution in [3.8, 4) is 5.75 Å². The molecule has 1 amide bonds. The lowest BCUT2D eigenvalue weighted by Crippen LogP contribution is -2.45. The normalized spacial score (nSPS) is 12.4. The van der Waals surface area contributed by atoms with Gasteiger partial charge in [-0.2, -0.15) is 0 Å². The van der Waals surface area contributed by atoms with E-state index in [0.717, 1.165) is 6.07 Å². The summed E-state index contributed by atoms with van der Waals surface area (Å²) in [5.74, 6) is -1.98. The van der Waals surface area contributed by atoms with Crippen LogP contribution in [0.25, 0.3) is 0 Å². The minimum Gasteiger partial charge on any atom is -0.505 e. The number of ether oxygens (including phenoxy) is 2. The molecule has 0 bridgehead atoms. The number of hydrogen-bond acceptors (Lipinski definition) is 5. The maximum atomic E-state index is 13.3. The van der Waals surface area contributed by atoms with Gasteiger partial charge < -0.3 is 19.9 Å². The van der Waals surface area contributed by atoms with Gasteiger partial charge in [0.15, 0.2) is 11.6 Å². The summed E-state index contributed by atoms with van der Waals surface area (Å²) in [6.07, 6.45) is -0.773. The van der Waals surface area contributed by atoms with Gasteiger partial charge in [-0.1, -0.05) is 6.07 Å². The Kier molecular flexibility index (Phi) is 5.73. The molecule has 1 rings (SSSR count). The molecular formula is C15H20FNO5. The summed E-state index contributed by atoms with van der Waals surface area (Å²) in [5.41, 5.74) is -0.295. The number of carbonyl (C=O) groups is 2. The van der Waals surface area contributed by atoms with Crippen molar-refractivity contribution in [3.63, 3.8) is 0 Å². The van der Waals surface area contributed by atoms with Gasteiger partial charge in [0.1, 0.15) is 11.6 Å². The molecule has 1 aromatic rings. The van der Waals surface area contributed by atoms with Gasteiger partial charge in [-0.25, -0.2) is 14.0 Å². The molecule has 1 aromatic carbocycles. The van der Waals surface area contributed by atoms with E-state index in [1.807, 2.05) is 0 Å². The number of benzene rings is 1. The highest BCUT2D eigenvalue weighted by atomic mass is 19.1. The van der Waals surface area contributed by atoms with E-state index in [0.29, 0.717) is 5.56 Å². The number of amides is 1. The van der Waals surface area contributed by atoms with Crippen molar-refractivity contribution in [2.24, 2.45) is 0 Å². The third kappa shape index (κ3) is 5.59. The summed E-state index contributed by atoms with van der Waals surface area (Å²) in [7, 11) is 1.18. The number of aromatic hydroxyl groups is 1. The lowest BCUT2D eigenvalue weighted by atomic mass is 10.1. The maximum absolute atomic E-state index is 13.3. The van der Waals surface area contributed by atoms with Gasteiger partial charge in [0, 0.05) is 6.42 Å². The summed E-state index contributed by atoms with van der Waals surface area (Å²) >= 11 is 0. The van der Waals surface area contributed by atoms with Gasteiger partial charge in [-0.15, -0.1) is 0 Å². The summed E-state index contributed by atoms with van der Waals surface area (Å²) in [4.78, 5) is 23.5. The molecule has 0 spiro atoms. The number of alkyl carbamates (subject to hydrolysis) is 1. The van der Waals surface area contributed by atoms with E-state index < -0.39 is 35.3 Å². The Morgan fingerprint density at radius 2 is 2.00 bits per heavy atom. The number of hydrogen-bond donors (Lipinski definition) is 2. The zero-order valence-corrected chi connectivity index (χ0v) is 13.0. The Balaban J connectivity index is 2.82. The van der Waals surface area contributed by atoms with Gasteiger partial charge in [-0.3, -0.25) is 0 Å². The highest BCUT2D eigenvalue weighted by molar-refractivity contribution is 5.81. The maximum Gasteiger partial charge on any atom is 0.408 e. The van der Waals surface area contributed by atoms with E-state index in [1.165, 1.54) is 19.2 Å². The smallest absolute Gasteiger partial charge is 0.408 e. The number of halogens is 1. The minimum absolute atomic E-state index is 0.00309. The number of carbonyl (C=O) groups excluding carboxylic acids is 2. The van der Waals surface area contributed by atoms with Gasteiger partial charge in [0.25, 0.3) is 0 Å². The molecule has 0 radical (unpaired) electrons. The van der Waals surface area contributed by atoms with Crippen molar-refractivity contribution < 1.29 is 28.6 Å². The monoisotopic (exact) mass is 313 g/mol. The van der Waals surface area contributed by atoms with E-state index in [1.54, 1.807) is 20.8 Å². The van der Waals surface area contributed by atoms with E-state index in [9.17, 15) is 14.0 Å². The number of rotatable bonds is 4. The van der Waals surface area contributed by atoms with Crippen LogP contribution in [0.4, 0.5) is 9.18 Å². The predicted octanol–water partition coefficient (Wildman–Crippen LogP) is 2.14. The van der Waals surface area contributed by atoms with Crippen molar-refractivity contribution in [1.82, 2.24) is 5.32 Å². The average molecular weight is 313 g/mol. The Morgan fingerprint density at radius 3 is 2.50 bits per heavy atom. The molecule has 0 fully saturated rings. The predicted molar refractivity (Wildman–Crippen MR) is 76.9 cm³/mol. The van der Waals surface area contributed by atoms with Crippen LogP contribution in [0.15, 0.2) is 18.2 Å². The Labute approximate surface area is 128 Å². The first kappa shape index (κ1) is 17.7. The first-order valence-corrected chi connectivity index (χ1v) is 6.67. The van der Waals surface area contributed by atoms with E-state index in [-0.39, 0.29) is 6.42 Å². The zero-order valence-electron chi connectivity index (χ0n) is 13.0. The van der Waals surface area contributed by atoms with E-state index in [2.05, 4.69) is 10.1 Å². The highest BCUT2D eigenvalue weighted by Crippen LogP contribution is 2.17. The van der Waals surface area contributed by atoms with Crippen LogP contribution in [0, 0.1) is 5.82 Å². The average Bonchev–Trinajstić information content (AvgIpc) is 2.39. The molecule has 7 heteroatoms. The fourth-order valence-corrected chi connectivity index (χ4v) is 1.70. The van der Waals surface area contributed by atoms with Gasteiger partial charge >= 0.3 is 12.1 Å². The molecular weight excluding hydrogens is 293 g/mol. The molecule has 0 aliphatic rings. The molecule has 0 aliphatic heterocycles. The van der Waals surface area contributed by atoms with Crippen LogP contribution >= 0.6 is 0 Å². The van der Waals surface area contributed by atoms with Crippen molar-refractivity contribution in [2.75, 3.05) is 7.11 Å². The lowest BCUT2D eigenvalue weighted by Gasteiger charge is -2.22. The van der Waals surface area contributed by atoms with Crippen LogP contribution in [0.5, 0.6) is 5.75 Å². The molecule has 6 nitrogen and oxygen atoms in total. The van der Waals surface area contributed by atoms with Crippen LogP contribution in [-0.2, 0) is 20.7 Å². The minimum atomic E-state index is -1.02. The lowest BCUT2D eigenvalue weighted by molar-refractivity contribution is -0.143. The molecule has 22 heavy (non-hydrogen) atoms. The molecule has 0 saturated carbocycles. The molecule has 0 aromatic heterocycles. The Morgan fingerprint density at radius 1 is 1.36 bits per heavy atom. The summed E-state index contributed by atoms with van der Waals surface area (Å²) < 4.78 is 23.0. The molecule has 0 saturated heterocycles. The van der Waals surface area contributed by atoms with Crippen LogP contribution < -0.4 is 5.32 Å². The second-order valence-electron chi connectivity index (χ2n) is 5.71. The molecule has 1 unspecified atom stereocenters. The topological polar surface area (TPSA) is 84.9 Å². The number of esters is 1. The first-order valence-electron chi connectivity index (χ1n) is 6.67. The third-order valence-corrected chi connectivity index (χ3v) is 2.63. The molecule has 122 valence electrons. The van der Waals surface area contributed by atoms with Crippen molar-refractivity contribution in [2.45, 2.75) is 38.8 Å². The first-order chi connectivity index (χ1) is 10.1. The van der Waals surface area contributed by atoms with Crippen LogP contribution in [0.2, 0.25) is 0 Å². The number of methoxy groups -OCH3 is 1. The number of nitrogens with one attached hydrogen (secondary N) is 1. The molecule has 2 N–H and O–H groups in total. The fraction of sp³-hybridized carbons (Fsp3) is 0.467. The molecule has 0 aliphatic carbocycles. The van der Waals surface area contributed by atoms with Crippen LogP contribution in [0.1, 0.15) is 26.3 Å². The van der Waals surface area contributed by atoms with Crippen molar-refractivity contribution in [3.05, 3.63) is 29.6 Å². The van der Waals surface area contributed by atoms with Crippen LogP contribution in [-0.4, -0.2) is 35.9 Å². The molecule has 1 atom stereocenters. The second kappa shape index (κ2) is 7.11. The van der Waals surface area contributed by atoms with E-state index >= 15 is 0 Å². The van der Waals surface area contributed by atoms with Crippen molar-refractivity contribution in [1.29, 1.82) is 0 Å². The number of phenolic OH excluding ortho intramolecular Hbond substituents is 1. The summed E-state index contributed by atoms with van der Waals surface area (Å²) in [5, 5.41) is 11.5. The molecule has 0 heterocycles. The summed E-state index contributed by atoms with van der Waals surface area (Å²) in [6, 6.07) is 2.68. The quantitative estimate of drug-likeness (QED) is 0.832. The third-order valence-electron chi connectivity index (χ3n) is 2.63. The largest absolute Gasteiger partial charge is 0.505 e. The fourth-order valence-electron chi connectivity index (χ4n) is 1.70. The van der Waals surface area contributed by atoms with Gasteiger partial charge in [0.2, 0.25) is 0 Å². The van der Waals surface area contributed by atoms with E-state index in [4.69, 9.17) is 9.84 Å². The van der Waals surface area contributed by atoms with Crippen molar-refractivity contribution >= 4 is 12.1 Å². The van der Waals surface area contributed by atoms with Gasteiger partial charge in [-0.05, 0) is 38.5 Å². The van der Waals surface area contributed by atoms with Gasteiger partial charge in [0.05, 0.1) is 7.11 Å². The Hall–Kier alpha value is -2.31. The standard InChI is InChI=1S/C15H20FNO5/c1-15(2,3)22-14(20)17-11(13(19)21-4)8-9-5-6-12(18)10(16)7-9/h5-7,11,18H,8H2,1-4H3,(H,17,20). The summed E-state index contributed by atoms with van der Waals surface area (Å²) in [6.45, 7) is 5.07. The second-order valence-corrected chi connectivity index (χ2v) is 5.71. The highest BCUT2D eigenvalue weighted by Gasteiger charge is 2.25. The van der Waals surface area contributed by atoms with Crippen LogP contribution in [0.3, 0.4) is 0 Å². The zero-order chi connectivity index (χ0) is 16.9. The number of phenols is 1.